The Morgan fingerprint density at radius 3 is 3.00 bits per heavy atom. The summed E-state index contributed by atoms with van der Waals surface area (Å²) in [7, 11) is 1.35. The van der Waals surface area contributed by atoms with Crippen LogP contribution in [0.5, 0.6) is 0 Å². The molecule has 2 heterocycles. The highest BCUT2D eigenvalue weighted by Crippen LogP contribution is 2.16. The highest BCUT2D eigenvalue weighted by molar-refractivity contribution is 7.99. The Labute approximate surface area is 113 Å². The Hall–Kier alpha value is -2.16. The number of rotatable bonds is 5. The Balaban J connectivity index is 2.07. The van der Waals surface area contributed by atoms with Crippen LogP contribution in [0.2, 0.25) is 0 Å². The first-order valence-electron chi connectivity index (χ1n) is 5.40. The van der Waals surface area contributed by atoms with Gasteiger partial charge in [0.05, 0.1) is 13.5 Å². The number of carbonyl (C=O) groups excluding carboxylic acids is 1. The third kappa shape index (κ3) is 3.65. The number of nitrogens with two attached hydrogens (primary N) is 1. The van der Waals surface area contributed by atoms with Crippen molar-refractivity contribution in [2.75, 3.05) is 18.6 Å². The summed E-state index contributed by atoms with van der Waals surface area (Å²) in [4.78, 5) is 23.2. The third-order valence-electron chi connectivity index (χ3n) is 2.09. The monoisotopic (exact) mass is 280 g/mol. The first-order valence-corrected chi connectivity index (χ1v) is 6.39. The van der Waals surface area contributed by atoms with Crippen LogP contribution in [0.1, 0.15) is 6.42 Å². The number of hydrogen-bond donors (Lipinski definition) is 1. The molecule has 2 aromatic rings. The fourth-order valence-electron chi connectivity index (χ4n) is 1.24. The molecule has 0 saturated carbocycles. The molecular formula is C10H12N6O2S. The fourth-order valence-corrected chi connectivity index (χ4v) is 2.00. The zero-order valence-corrected chi connectivity index (χ0v) is 11.0. The zero-order chi connectivity index (χ0) is 13.7. The number of nitrogen functional groups attached to an aromatic ring is 1. The molecule has 0 unspecified atom stereocenters. The predicted octanol–water partition coefficient (Wildman–Crippen LogP) is 0.295. The first-order chi connectivity index (χ1) is 9.19. The summed E-state index contributed by atoms with van der Waals surface area (Å²) >= 11 is 1.31. The molecular weight excluding hydrogens is 268 g/mol. The molecule has 0 saturated heterocycles. The van der Waals surface area contributed by atoms with Crippen molar-refractivity contribution < 1.29 is 9.53 Å². The van der Waals surface area contributed by atoms with Crippen molar-refractivity contribution >= 4 is 23.7 Å². The number of methoxy groups -OCH3 is 1. The zero-order valence-electron chi connectivity index (χ0n) is 10.2. The fraction of sp³-hybridized carbons (Fsp3) is 0.300. The molecule has 100 valence electrons. The number of ether oxygens (including phenoxy) is 1. The van der Waals surface area contributed by atoms with Gasteiger partial charge >= 0.3 is 5.97 Å². The maximum atomic E-state index is 11.0. The third-order valence-corrected chi connectivity index (χ3v) is 2.94. The van der Waals surface area contributed by atoms with E-state index in [0.29, 0.717) is 16.9 Å². The van der Waals surface area contributed by atoms with Gasteiger partial charge in [-0.2, -0.15) is 20.1 Å². The molecule has 0 spiro atoms. The molecule has 2 N–H and O–H groups in total. The smallest absolute Gasteiger partial charge is 0.306 e. The van der Waals surface area contributed by atoms with Gasteiger partial charge in [-0.25, -0.2) is 4.68 Å². The summed E-state index contributed by atoms with van der Waals surface area (Å²) < 4.78 is 6.04. The van der Waals surface area contributed by atoms with E-state index in [1.165, 1.54) is 23.6 Å². The van der Waals surface area contributed by atoms with Gasteiger partial charge in [-0.3, -0.25) is 4.79 Å². The molecule has 8 nitrogen and oxygen atoms in total. The lowest BCUT2D eigenvalue weighted by molar-refractivity contribution is -0.140. The highest BCUT2D eigenvalue weighted by Gasteiger charge is 2.08. The second kappa shape index (κ2) is 6.14. The second-order valence-corrected chi connectivity index (χ2v) is 4.46. The molecule has 0 aliphatic heterocycles. The van der Waals surface area contributed by atoms with Crippen LogP contribution < -0.4 is 5.73 Å². The van der Waals surface area contributed by atoms with E-state index in [2.05, 4.69) is 24.8 Å². The molecule has 2 aromatic heterocycles. The van der Waals surface area contributed by atoms with E-state index in [9.17, 15) is 4.79 Å². The SMILES string of the molecule is COC(=O)CCSc1nc(N)nc(-n2cccn2)n1. The number of hydrogen-bond acceptors (Lipinski definition) is 8. The summed E-state index contributed by atoms with van der Waals surface area (Å²) in [5, 5.41) is 4.46. The topological polar surface area (TPSA) is 109 Å². The van der Waals surface area contributed by atoms with Crippen LogP contribution in [0.25, 0.3) is 5.95 Å². The normalized spacial score (nSPS) is 10.4. The quantitative estimate of drug-likeness (QED) is 0.615. The lowest BCUT2D eigenvalue weighted by Gasteiger charge is -2.04. The maximum absolute atomic E-state index is 11.0. The predicted molar refractivity (Wildman–Crippen MR) is 68.7 cm³/mol. The number of esters is 1. The van der Waals surface area contributed by atoms with Crippen molar-refractivity contribution in [1.82, 2.24) is 24.7 Å². The number of anilines is 1. The van der Waals surface area contributed by atoms with E-state index < -0.39 is 0 Å². The number of carbonyl (C=O) groups is 1. The molecule has 0 aliphatic rings. The number of thioether (sulfide) groups is 1. The average molecular weight is 280 g/mol. The Kier molecular flexibility index (Phi) is 4.29. The molecule has 0 radical (unpaired) electrons. The molecule has 0 aromatic carbocycles. The van der Waals surface area contributed by atoms with Crippen molar-refractivity contribution in [3.05, 3.63) is 18.5 Å². The van der Waals surface area contributed by atoms with Crippen LogP contribution >= 0.6 is 11.8 Å². The summed E-state index contributed by atoms with van der Waals surface area (Å²) in [6.45, 7) is 0. The highest BCUT2D eigenvalue weighted by atomic mass is 32.2. The standard InChI is InChI=1S/C10H12N6O2S/c1-18-7(17)3-6-19-10-14-8(11)13-9(15-10)16-5-2-4-12-16/h2,4-5H,3,6H2,1H3,(H2,11,13,14,15). The minimum atomic E-state index is -0.276. The van der Waals surface area contributed by atoms with Gasteiger partial charge < -0.3 is 10.5 Å². The molecule has 0 aliphatic carbocycles. The first kappa shape index (κ1) is 13.3. The molecule has 19 heavy (non-hydrogen) atoms. The van der Waals surface area contributed by atoms with Gasteiger partial charge in [0.25, 0.3) is 5.95 Å². The van der Waals surface area contributed by atoms with Crippen LogP contribution in [0.3, 0.4) is 0 Å². The van der Waals surface area contributed by atoms with E-state index in [0.717, 1.165) is 0 Å². The van der Waals surface area contributed by atoms with E-state index >= 15 is 0 Å². The molecule has 2 rings (SSSR count). The van der Waals surface area contributed by atoms with Crippen LogP contribution in [0.15, 0.2) is 23.6 Å². The molecule has 9 heteroatoms. The lowest BCUT2D eigenvalue weighted by atomic mass is 10.5. The van der Waals surface area contributed by atoms with E-state index in [-0.39, 0.29) is 18.3 Å². The van der Waals surface area contributed by atoms with Crippen molar-refractivity contribution in [3.63, 3.8) is 0 Å². The van der Waals surface area contributed by atoms with Gasteiger partial charge in [0.2, 0.25) is 5.95 Å². The number of nitrogens with zero attached hydrogens (tertiary/aromatic N) is 5. The molecule has 0 bridgehead atoms. The second-order valence-electron chi connectivity index (χ2n) is 3.40. The van der Waals surface area contributed by atoms with Gasteiger partial charge in [0.15, 0.2) is 5.16 Å². The van der Waals surface area contributed by atoms with E-state index in [4.69, 9.17) is 5.73 Å². The van der Waals surface area contributed by atoms with E-state index in [1.54, 1.807) is 18.5 Å². The lowest BCUT2D eigenvalue weighted by Crippen LogP contribution is -2.08. The maximum Gasteiger partial charge on any atom is 0.306 e. The molecule has 0 fully saturated rings. The van der Waals surface area contributed by atoms with Crippen LogP contribution in [-0.4, -0.2) is 43.6 Å². The number of aromatic nitrogens is 5. The summed E-state index contributed by atoms with van der Waals surface area (Å²) in [5.41, 5.74) is 5.61. The summed E-state index contributed by atoms with van der Waals surface area (Å²) in [5.74, 6) is 0.690. The minimum Gasteiger partial charge on any atom is -0.469 e. The Morgan fingerprint density at radius 2 is 2.32 bits per heavy atom. The minimum absolute atomic E-state index is 0.112. The van der Waals surface area contributed by atoms with Gasteiger partial charge in [-0.15, -0.1) is 0 Å². The van der Waals surface area contributed by atoms with Crippen molar-refractivity contribution in [2.24, 2.45) is 0 Å². The van der Waals surface area contributed by atoms with Crippen LogP contribution in [-0.2, 0) is 9.53 Å². The van der Waals surface area contributed by atoms with Crippen LogP contribution in [0, 0.1) is 0 Å². The van der Waals surface area contributed by atoms with Crippen molar-refractivity contribution in [3.8, 4) is 5.95 Å². The van der Waals surface area contributed by atoms with Crippen molar-refractivity contribution in [1.29, 1.82) is 0 Å². The van der Waals surface area contributed by atoms with Gasteiger partial charge in [0, 0.05) is 18.1 Å². The van der Waals surface area contributed by atoms with E-state index in [1.807, 2.05) is 0 Å². The van der Waals surface area contributed by atoms with Crippen molar-refractivity contribution in [2.45, 2.75) is 11.6 Å². The average Bonchev–Trinajstić information content (AvgIpc) is 2.91. The van der Waals surface area contributed by atoms with Crippen LogP contribution in [0.4, 0.5) is 5.95 Å². The van der Waals surface area contributed by atoms with Gasteiger partial charge in [-0.05, 0) is 6.07 Å². The Bertz CT molecular complexity index is 559. The molecule has 0 atom stereocenters. The van der Waals surface area contributed by atoms with Gasteiger partial charge in [-0.1, -0.05) is 11.8 Å². The van der Waals surface area contributed by atoms with Gasteiger partial charge in [0.1, 0.15) is 0 Å². The largest absolute Gasteiger partial charge is 0.469 e. The summed E-state index contributed by atoms with van der Waals surface area (Å²) in [6.07, 6.45) is 3.60. The Morgan fingerprint density at radius 1 is 1.47 bits per heavy atom. The molecule has 0 amide bonds. The summed E-state index contributed by atoms with van der Waals surface area (Å²) in [6, 6.07) is 1.75.